The number of aromatic nitrogens is 1. The van der Waals surface area contributed by atoms with Gasteiger partial charge in [-0.2, -0.15) is 0 Å². The van der Waals surface area contributed by atoms with Crippen LogP contribution in [0.25, 0.3) is 11.0 Å². The summed E-state index contributed by atoms with van der Waals surface area (Å²) in [6.45, 7) is 7.67. The maximum atomic E-state index is 12.6. The van der Waals surface area contributed by atoms with Gasteiger partial charge in [0.25, 0.3) is 5.91 Å². The third-order valence-electron chi connectivity index (χ3n) is 5.45. The largest absolute Gasteiger partial charge is 0.461 e. The molecule has 1 aliphatic heterocycles. The van der Waals surface area contributed by atoms with Gasteiger partial charge in [-0.25, -0.2) is 0 Å². The van der Waals surface area contributed by atoms with Crippen molar-refractivity contribution in [2.45, 2.75) is 45.9 Å². The summed E-state index contributed by atoms with van der Waals surface area (Å²) in [6, 6.07) is 7.02. The lowest BCUT2D eigenvalue weighted by molar-refractivity contribution is 0.0347. The number of aryl methyl sites for hydroxylation is 3. The Morgan fingerprint density at radius 2 is 2.14 bits per heavy atom. The summed E-state index contributed by atoms with van der Waals surface area (Å²) in [7, 11) is 0. The van der Waals surface area contributed by atoms with Gasteiger partial charge in [-0.3, -0.25) is 9.69 Å². The number of carbonyl (C=O) groups excluding carboxylic acids is 1. The maximum absolute atomic E-state index is 12.6. The van der Waals surface area contributed by atoms with Crippen LogP contribution in [0.3, 0.4) is 0 Å². The van der Waals surface area contributed by atoms with Crippen LogP contribution in [-0.4, -0.2) is 46.3 Å². The van der Waals surface area contributed by atoms with Gasteiger partial charge in [0.15, 0.2) is 0 Å². The highest BCUT2D eigenvalue weighted by molar-refractivity contribution is 5.98. The Hall–Kier alpha value is -2.64. The number of piperidine rings is 1. The molecule has 4 rings (SSSR count). The molecule has 3 heterocycles. The minimum Gasteiger partial charge on any atom is -0.461 e. The second-order valence-electron chi connectivity index (χ2n) is 7.58. The van der Waals surface area contributed by atoms with Gasteiger partial charge in [0, 0.05) is 36.1 Å². The van der Waals surface area contributed by atoms with E-state index in [1.807, 2.05) is 32.9 Å². The molecule has 0 unspecified atom stereocenters. The molecular weight excluding hydrogens is 358 g/mol. The van der Waals surface area contributed by atoms with Crippen LogP contribution in [0, 0.1) is 20.8 Å². The normalized spacial score (nSPS) is 20.6. The van der Waals surface area contributed by atoms with Gasteiger partial charge in [-0.1, -0.05) is 5.16 Å². The number of hydrogen-bond donors (Lipinski definition) is 2. The van der Waals surface area contributed by atoms with Crippen LogP contribution in [0.4, 0.5) is 0 Å². The molecule has 0 aliphatic carbocycles. The van der Waals surface area contributed by atoms with Gasteiger partial charge in [0.05, 0.1) is 17.8 Å². The number of amides is 1. The van der Waals surface area contributed by atoms with Crippen LogP contribution in [0.1, 0.15) is 39.6 Å². The van der Waals surface area contributed by atoms with E-state index in [0.29, 0.717) is 25.1 Å². The molecule has 28 heavy (non-hydrogen) atoms. The van der Waals surface area contributed by atoms with Crippen molar-refractivity contribution in [1.29, 1.82) is 0 Å². The Morgan fingerprint density at radius 3 is 2.86 bits per heavy atom. The van der Waals surface area contributed by atoms with Gasteiger partial charge in [0.1, 0.15) is 17.1 Å². The van der Waals surface area contributed by atoms with E-state index in [1.165, 1.54) is 0 Å². The van der Waals surface area contributed by atoms with Crippen LogP contribution in [0.5, 0.6) is 0 Å². The first-order valence-electron chi connectivity index (χ1n) is 9.54. The summed E-state index contributed by atoms with van der Waals surface area (Å²) in [5.41, 5.74) is 3.28. The van der Waals surface area contributed by atoms with Gasteiger partial charge in [-0.05, 0) is 51.5 Å². The Balaban J connectivity index is 1.38. The Kier molecular flexibility index (Phi) is 4.95. The van der Waals surface area contributed by atoms with E-state index in [-0.39, 0.29) is 11.9 Å². The van der Waals surface area contributed by atoms with Gasteiger partial charge >= 0.3 is 0 Å². The standard InChI is InChI=1S/C21H25N3O4/c1-12-8-16-9-15(4-5-20(16)27-12)21(26)22-18-6-7-24(11-19(18)25)10-17-13(2)23-28-14(17)3/h4-5,8-9,18-19,25H,6-7,10-11H2,1-3H3,(H,22,26)/t18-,19-/m1/s1. The number of likely N-dealkylation sites (tertiary alicyclic amines) is 1. The molecule has 148 valence electrons. The summed E-state index contributed by atoms with van der Waals surface area (Å²) in [4.78, 5) is 14.8. The number of nitrogens with zero attached hydrogens (tertiary/aromatic N) is 2. The second-order valence-corrected chi connectivity index (χ2v) is 7.58. The smallest absolute Gasteiger partial charge is 0.251 e. The predicted molar refractivity (Wildman–Crippen MR) is 104 cm³/mol. The first-order chi connectivity index (χ1) is 13.4. The Labute approximate surface area is 163 Å². The lowest BCUT2D eigenvalue weighted by Gasteiger charge is -2.36. The molecule has 0 radical (unpaired) electrons. The van der Waals surface area contributed by atoms with E-state index in [2.05, 4.69) is 15.4 Å². The fourth-order valence-electron chi connectivity index (χ4n) is 3.83. The molecule has 0 spiro atoms. The van der Waals surface area contributed by atoms with Crippen molar-refractivity contribution >= 4 is 16.9 Å². The first-order valence-corrected chi connectivity index (χ1v) is 9.54. The zero-order valence-electron chi connectivity index (χ0n) is 16.4. The van der Waals surface area contributed by atoms with E-state index >= 15 is 0 Å². The van der Waals surface area contributed by atoms with Crippen LogP contribution in [0.15, 0.2) is 33.2 Å². The van der Waals surface area contributed by atoms with Crippen LogP contribution in [-0.2, 0) is 6.54 Å². The summed E-state index contributed by atoms with van der Waals surface area (Å²) >= 11 is 0. The minimum absolute atomic E-state index is 0.177. The molecule has 0 saturated carbocycles. The Morgan fingerprint density at radius 1 is 1.32 bits per heavy atom. The van der Waals surface area contributed by atoms with Crippen molar-refractivity contribution in [3.63, 3.8) is 0 Å². The van der Waals surface area contributed by atoms with E-state index < -0.39 is 6.10 Å². The molecular formula is C21H25N3O4. The number of hydrogen-bond acceptors (Lipinski definition) is 6. The fourth-order valence-corrected chi connectivity index (χ4v) is 3.83. The van der Waals surface area contributed by atoms with Crippen molar-refractivity contribution in [3.8, 4) is 0 Å². The lowest BCUT2D eigenvalue weighted by atomic mass is 10.00. The van der Waals surface area contributed by atoms with E-state index in [4.69, 9.17) is 8.94 Å². The molecule has 2 N–H and O–H groups in total. The summed E-state index contributed by atoms with van der Waals surface area (Å²) in [5, 5.41) is 18.4. The third-order valence-corrected chi connectivity index (χ3v) is 5.45. The number of carbonyl (C=O) groups is 1. The van der Waals surface area contributed by atoms with E-state index in [9.17, 15) is 9.90 Å². The topological polar surface area (TPSA) is 91.7 Å². The number of rotatable bonds is 4. The predicted octanol–water partition coefficient (Wildman–Crippen LogP) is 2.71. The number of fused-ring (bicyclic) bond motifs is 1. The fraction of sp³-hybridized carbons (Fsp3) is 0.429. The minimum atomic E-state index is -0.627. The van der Waals surface area contributed by atoms with Crippen LogP contribution < -0.4 is 5.32 Å². The van der Waals surface area contributed by atoms with Crippen molar-refractivity contribution in [1.82, 2.24) is 15.4 Å². The molecule has 1 aliphatic rings. The van der Waals surface area contributed by atoms with E-state index in [1.54, 1.807) is 12.1 Å². The van der Waals surface area contributed by atoms with Gasteiger partial charge < -0.3 is 19.4 Å². The van der Waals surface area contributed by atoms with Crippen molar-refractivity contribution in [2.24, 2.45) is 0 Å². The SMILES string of the molecule is Cc1cc2cc(C(=O)N[C@@H]3CCN(Cc4c(C)noc4C)C[C@H]3O)ccc2o1. The number of β-amino-alcohol motifs (C(OH)–C–C–N with tert-alkyl or cyclic N) is 1. The summed E-state index contributed by atoms with van der Waals surface area (Å²) in [6.07, 6.45) is 0.0571. The highest BCUT2D eigenvalue weighted by Gasteiger charge is 2.30. The monoisotopic (exact) mass is 383 g/mol. The molecule has 1 saturated heterocycles. The molecule has 2 aromatic heterocycles. The molecule has 1 amide bonds. The summed E-state index contributed by atoms with van der Waals surface area (Å²) < 4.78 is 10.8. The van der Waals surface area contributed by atoms with Crippen molar-refractivity contribution < 1.29 is 18.8 Å². The third kappa shape index (κ3) is 3.68. The molecule has 7 heteroatoms. The van der Waals surface area contributed by atoms with Crippen molar-refractivity contribution in [3.05, 3.63) is 52.6 Å². The van der Waals surface area contributed by atoms with Crippen LogP contribution in [0.2, 0.25) is 0 Å². The molecule has 1 fully saturated rings. The average Bonchev–Trinajstić information content (AvgIpc) is 3.18. The molecule has 7 nitrogen and oxygen atoms in total. The maximum Gasteiger partial charge on any atom is 0.251 e. The average molecular weight is 383 g/mol. The molecule has 0 bridgehead atoms. The Bertz CT molecular complexity index is 987. The number of furan rings is 1. The molecule has 2 atom stereocenters. The number of aliphatic hydroxyl groups excluding tert-OH is 1. The zero-order valence-corrected chi connectivity index (χ0v) is 16.4. The highest BCUT2D eigenvalue weighted by Crippen LogP contribution is 2.22. The number of aliphatic hydroxyl groups is 1. The quantitative estimate of drug-likeness (QED) is 0.720. The van der Waals surface area contributed by atoms with E-state index in [0.717, 1.165) is 40.3 Å². The lowest BCUT2D eigenvalue weighted by Crippen LogP contribution is -2.53. The summed E-state index contributed by atoms with van der Waals surface area (Å²) in [5.74, 6) is 1.45. The van der Waals surface area contributed by atoms with Crippen LogP contribution >= 0.6 is 0 Å². The van der Waals surface area contributed by atoms with Crippen molar-refractivity contribution in [2.75, 3.05) is 13.1 Å². The zero-order chi connectivity index (χ0) is 19.8. The second kappa shape index (κ2) is 7.41. The first kappa shape index (κ1) is 18.7. The molecule has 1 aromatic carbocycles. The van der Waals surface area contributed by atoms with Gasteiger partial charge in [-0.15, -0.1) is 0 Å². The number of nitrogens with one attached hydrogen (secondary N) is 1. The number of benzene rings is 1. The molecule has 3 aromatic rings. The highest BCUT2D eigenvalue weighted by atomic mass is 16.5. The van der Waals surface area contributed by atoms with Gasteiger partial charge in [0.2, 0.25) is 0 Å².